The van der Waals surface area contributed by atoms with Gasteiger partial charge in [-0.1, -0.05) is 25.7 Å². The van der Waals surface area contributed by atoms with Crippen LogP contribution in [0.1, 0.15) is 31.9 Å². The van der Waals surface area contributed by atoms with Crippen molar-refractivity contribution in [2.75, 3.05) is 38.2 Å². The average molecular weight is 634 g/mol. The molecule has 1 aliphatic rings. The van der Waals surface area contributed by atoms with Crippen molar-refractivity contribution < 1.29 is 32.2 Å². The first kappa shape index (κ1) is 32.5. The number of carbonyl (C=O) groups excluding carboxylic acids is 1. The van der Waals surface area contributed by atoms with Gasteiger partial charge >= 0.3 is 0 Å². The fourth-order valence-corrected chi connectivity index (χ4v) is 7.74. The summed E-state index contributed by atoms with van der Waals surface area (Å²) in [6, 6.07) is 9.05. The highest BCUT2D eigenvalue weighted by molar-refractivity contribution is 7.93. The number of hydrogen-bond acceptors (Lipinski definition) is 9. The van der Waals surface area contributed by atoms with Crippen LogP contribution >= 0.6 is 0 Å². The van der Waals surface area contributed by atoms with E-state index < -0.39 is 29.4 Å². The molecular weight excluding hydrogens is 591 g/mol. The van der Waals surface area contributed by atoms with Crippen LogP contribution in [0.2, 0.25) is 25.7 Å². The first-order valence-corrected chi connectivity index (χ1v) is 19.7. The van der Waals surface area contributed by atoms with Crippen LogP contribution in [0.15, 0.2) is 34.7 Å². The first-order chi connectivity index (χ1) is 20.3. The molecule has 0 unspecified atom stereocenters. The van der Waals surface area contributed by atoms with Crippen LogP contribution in [-0.4, -0.2) is 92.4 Å². The van der Waals surface area contributed by atoms with Gasteiger partial charge in [0.2, 0.25) is 27.7 Å². The molecule has 1 amide bonds. The Labute approximate surface area is 254 Å². The van der Waals surface area contributed by atoms with E-state index in [0.29, 0.717) is 54.0 Å². The molecule has 2 aromatic heterocycles. The van der Waals surface area contributed by atoms with Crippen LogP contribution in [0, 0.1) is 6.92 Å². The van der Waals surface area contributed by atoms with E-state index in [1.807, 2.05) is 6.92 Å². The summed E-state index contributed by atoms with van der Waals surface area (Å²) < 4.78 is 49.3. The summed E-state index contributed by atoms with van der Waals surface area (Å²) in [5.74, 6) is 2.07. The van der Waals surface area contributed by atoms with E-state index in [-0.39, 0.29) is 37.4 Å². The Hall–Kier alpha value is -3.36. The number of hydrogen-bond donors (Lipinski definition) is 1. The third-order valence-electron chi connectivity index (χ3n) is 7.69. The molecule has 3 heterocycles. The van der Waals surface area contributed by atoms with Gasteiger partial charge in [0, 0.05) is 27.6 Å². The third kappa shape index (κ3) is 6.91. The Balaban J connectivity index is 1.91. The Bertz CT molecular complexity index is 1510. The Morgan fingerprint density at radius 1 is 1.14 bits per heavy atom. The Morgan fingerprint density at radius 2 is 1.81 bits per heavy atom. The number of aliphatic hydroxyl groups is 1. The highest BCUT2D eigenvalue weighted by Crippen LogP contribution is 2.39. The molecular formula is C29H43N5O7SSi. The molecule has 0 bridgehead atoms. The number of amides is 1. The number of furan rings is 1. The van der Waals surface area contributed by atoms with Gasteiger partial charge in [0.05, 0.1) is 32.1 Å². The standard InChI is InChI=1S/C29H43N5O7SSi/c1-20-14-15-25(41-20)28-30-31-29(34(28)27-23(39-3)11-9-12-24(27)40-4)33(16-17-43(5,6)7)42(37,38)21(2)18-32-22(19-35)10-8-13-26(32)36/h9,11-12,14-15,21-22,35H,8,10,13,16-19H2,1-7H3/t21-,22+/m0/s1. The predicted molar refractivity (Wildman–Crippen MR) is 167 cm³/mol. The van der Waals surface area contributed by atoms with Crippen molar-refractivity contribution in [1.82, 2.24) is 19.7 Å². The average Bonchev–Trinajstić information content (AvgIpc) is 3.58. The number of piperidine rings is 1. The Morgan fingerprint density at radius 3 is 2.37 bits per heavy atom. The van der Waals surface area contributed by atoms with E-state index in [4.69, 9.17) is 13.9 Å². The van der Waals surface area contributed by atoms with Crippen molar-refractivity contribution in [3.63, 3.8) is 0 Å². The summed E-state index contributed by atoms with van der Waals surface area (Å²) in [5, 5.41) is 17.8. The minimum Gasteiger partial charge on any atom is -0.494 e. The summed E-state index contributed by atoms with van der Waals surface area (Å²) in [6.45, 7) is 9.81. The van der Waals surface area contributed by atoms with Gasteiger partial charge in [0.15, 0.2) is 5.76 Å². The molecule has 2 atom stereocenters. The number of benzene rings is 1. The second-order valence-corrected chi connectivity index (χ2v) is 20.0. The molecule has 0 radical (unpaired) electrons. The largest absolute Gasteiger partial charge is 0.494 e. The van der Waals surface area contributed by atoms with Gasteiger partial charge in [-0.25, -0.2) is 12.7 Å². The molecule has 0 saturated carbocycles. The molecule has 4 rings (SSSR count). The lowest BCUT2D eigenvalue weighted by atomic mass is 10.0. The van der Waals surface area contributed by atoms with Gasteiger partial charge < -0.3 is 23.9 Å². The monoisotopic (exact) mass is 633 g/mol. The second-order valence-electron chi connectivity index (χ2n) is 12.1. The molecule has 43 heavy (non-hydrogen) atoms. The molecule has 1 aromatic carbocycles. The molecule has 236 valence electrons. The number of nitrogens with zero attached hydrogens (tertiary/aromatic N) is 5. The van der Waals surface area contributed by atoms with E-state index in [1.54, 1.807) is 41.8 Å². The molecule has 1 N–H and O–H groups in total. The number of para-hydroxylation sites is 1. The van der Waals surface area contributed by atoms with Crippen molar-refractivity contribution >= 4 is 30.0 Å². The maximum atomic E-state index is 14.5. The molecule has 0 aliphatic carbocycles. The molecule has 1 fully saturated rings. The summed E-state index contributed by atoms with van der Waals surface area (Å²) in [6.07, 6.45) is 1.63. The summed E-state index contributed by atoms with van der Waals surface area (Å²) in [7, 11) is -2.83. The van der Waals surface area contributed by atoms with Crippen molar-refractivity contribution in [2.45, 2.75) is 70.1 Å². The first-order valence-electron chi connectivity index (χ1n) is 14.5. The number of aryl methyl sites for hydroxylation is 1. The zero-order valence-electron chi connectivity index (χ0n) is 26.0. The molecule has 1 aliphatic heterocycles. The van der Waals surface area contributed by atoms with E-state index in [1.165, 1.54) is 23.4 Å². The quantitative estimate of drug-likeness (QED) is 0.276. The van der Waals surface area contributed by atoms with Crippen molar-refractivity contribution in [3.8, 4) is 28.8 Å². The lowest BCUT2D eigenvalue weighted by Crippen LogP contribution is -2.52. The predicted octanol–water partition coefficient (Wildman–Crippen LogP) is 4.09. The number of aromatic nitrogens is 3. The van der Waals surface area contributed by atoms with Crippen LogP contribution in [0.4, 0.5) is 5.95 Å². The fourth-order valence-electron chi connectivity index (χ4n) is 5.21. The minimum atomic E-state index is -4.12. The molecule has 14 heteroatoms. The zero-order chi connectivity index (χ0) is 31.5. The van der Waals surface area contributed by atoms with Crippen molar-refractivity contribution in [3.05, 3.63) is 36.1 Å². The normalized spacial score (nSPS) is 16.8. The third-order valence-corrected chi connectivity index (χ3v) is 11.5. The van der Waals surface area contributed by atoms with Gasteiger partial charge in [-0.3, -0.25) is 9.36 Å². The maximum absolute atomic E-state index is 14.5. The SMILES string of the molecule is COc1cccc(OC)c1-n1c(-c2ccc(C)o2)nnc1N(CC[Si](C)(C)C)S(=O)(=O)[C@@H](C)CN1C(=O)CCC[C@@H]1CO. The molecule has 1 saturated heterocycles. The lowest BCUT2D eigenvalue weighted by Gasteiger charge is -2.37. The van der Waals surface area contributed by atoms with Gasteiger partial charge in [-0.05, 0) is 57.0 Å². The molecule has 3 aromatic rings. The number of carbonyl (C=O) groups is 1. The highest BCUT2D eigenvalue weighted by atomic mass is 32.2. The topological polar surface area (TPSA) is 140 Å². The number of sulfonamides is 1. The van der Waals surface area contributed by atoms with Gasteiger partial charge in [-0.15, -0.1) is 10.2 Å². The van der Waals surface area contributed by atoms with Crippen LogP contribution in [0.5, 0.6) is 11.5 Å². The van der Waals surface area contributed by atoms with Crippen LogP contribution < -0.4 is 13.8 Å². The number of likely N-dealkylation sites (tertiary alicyclic amines) is 1. The summed E-state index contributed by atoms with van der Waals surface area (Å²) in [4.78, 5) is 14.3. The number of anilines is 1. The number of ether oxygens (including phenoxy) is 2. The van der Waals surface area contributed by atoms with Gasteiger partial charge in [0.25, 0.3) is 0 Å². The maximum Gasteiger partial charge on any atom is 0.246 e. The summed E-state index contributed by atoms with van der Waals surface area (Å²) >= 11 is 0. The minimum absolute atomic E-state index is 0.0494. The molecule has 0 spiro atoms. The second kappa shape index (κ2) is 13.1. The lowest BCUT2D eigenvalue weighted by molar-refractivity contribution is -0.137. The van der Waals surface area contributed by atoms with E-state index in [0.717, 1.165) is 0 Å². The number of aliphatic hydroxyl groups excluding tert-OH is 1. The smallest absolute Gasteiger partial charge is 0.246 e. The van der Waals surface area contributed by atoms with E-state index >= 15 is 0 Å². The number of methoxy groups -OCH3 is 2. The van der Waals surface area contributed by atoms with Crippen molar-refractivity contribution in [1.29, 1.82) is 0 Å². The highest BCUT2D eigenvalue weighted by Gasteiger charge is 2.39. The van der Waals surface area contributed by atoms with E-state index in [2.05, 4.69) is 29.8 Å². The number of rotatable bonds is 13. The van der Waals surface area contributed by atoms with Gasteiger partial charge in [0.1, 0.15) is 22.9 Å². The van der Waals surface area contributed by atoms with Gasteiger partial charge in [-0.2, -0.15) is 0 Å². The summed E-state index contributed by atoms with van der Waals surface area (Å²) in [5.41, 5.74) is 0.420. The van der Waals surface area contributed by atoms with Crippen molar-refractivity contribution in [2.24, 2.45) is 0 Å². The Kier molecular flexibility index (Phi) is 9.92. The zero-order valence-corrected chi connectivity index (χ0v) is 27.8. The van der Waals surface area contributed by atoms with Crippen LogP contribution in [-0.2, 0) is 14.8 Å². The van der Waals surface area contributed by atoms with Crippen LogP contribution in [0.3, 0.4) is 0 Å². The van der Waals surface area contributed by atoms with E-state index in [9.17, 15) is 18.3 Å². The fraction of sp³-hybridized carbons (Fsp3) is 0.552. The van der Waals surface area contributed by atoms with Crippen LogP contribution in [0.25, 0.3) is 17.3 Å². The molecule has 12 nitrogen and oxygen atoms in total.